The van der Waals surface area contributed by atoms with E-state index in [0.717, 1.165) is 5.82 Å². The molecule has 1 aromatic heterocycles. The van der Waals surface area contributed by atoms with Crippen molar-refractivity contribution in [3.8, 4) is 6.07 Å². The van der Waals surface area contributed by atoms with Gasteiger partial charge < -0.3 is 14.5 Å². The number of nitrogens with zero attached hydrogens (tertiary/aromatic N) is 5. The summed E-state index contributed by atoms with van der Waals surface area (Å²) in [5.41, 5.74) is 3.71. The fourth-order valence-electron chi connectivity index (χ4n) is 4.46. The number of hydrogen-bond donors (Lipinski definition) is 0. The van der Waals surface area contributed by atoms with E-state index in [2.05, 4.69) is 24.0 Å². The largest absolute Gasteiger partial charge is 0.447 e. The van der Waals surface area contributed by atoms with Crippen molar-refractivity contribution in [2.75, 3.05) is 49.1 Å². The molecule has 164 valence electrons. The zero-order chi connectivity index (χ0) is 22.2. The summed E-state index contributed by atoms with van der Waals surface area (Å²) in [4.78, 5) is 35.1. The van der Waals surface area contributed by atoms with Gasteiger partial charge in [0, 0.05) is 38.1 Å². The highest BCUT2D eigenvalue weighted by Gasteiger charge is 2.29. The molecule has 3 heterocycles. The Kier molecular flexibility index (Phi) is 5.17. The molecule has 2 aromatic rings. The molecule has 0 N–H and O–H groups in total. The summed E-state index contributed by atoms with van der Waals surface area (Å²) >= 11 is 0. The average Bonchev–Trinajstić information content (AvgIpc) is 3.59. The lowest BCUT2D eigenvalue weighted by Crippen LogP contribution is -2.49. The molecule has 3 aliphatic rings. The van der Waals surface area contributed by atoms with Crippen LogP contribution in [0.3, 0.4) is 0 Å². The Balaban J connectivity index is 1.27. The first-order valence-electron chi connectivity index (χ1n) is 11.0. The molecule has 0 bridgehead atoms. The summed E-state index contributed by atoms with van der Waals surface area (Å²) in [5, 5.41) is 9.61. The van der Waals surface area contributed by atoms with Gasteiger partial charge in [0.05, 0.1) is 17.7 Å². The first kappa shape index (κ1) is 20.3. The van der Waals surface area contributed by atoms with Crippen LogP contribution in [0, 0.1) is 18.3 Å². The van der Waals surface area contributed by atoms with Crippen molar-refractivity contribution in [3.63, 3.8) is 0 Å². The van der Waals surface area contributed by atoms with Gasteiger partial charge in [-0.2, -0.15) is 5.26 Å². The van der Waals surface area contributed by atoms with Crippen LogP contribution in [0.4, 0.5) is 16.3 Å². The molecule has 2 saturated heterocycles. The predicted octanol–water partition coefficient (Wildman–Crippen LogP) is 3.06. The van der Waals surface area contributed by atoms with Gasteiger partial charge in [-0.1, -0.05) is 6.07 Å². The Hall–Kier alpha value is -3.60. The number of piperazine rings is 1. The van der Waals surface area contributed by atoms with E-state index in [4.69, 9.17) is 9.72 Å². The SMILES string of the molecule is Cc1cc(C2CC2)cnc1N1CCN(C(=O)c2ccc(N3CCOC3=O)cc2C#N)CC1. The van der Waals surface area contributed by atoms with Crippen LogP contribution in [-0.4, -0.2) is 61.2 Å². The number of pyridine rings is 1. The third-order valence-corrected chi connectivity index (χ3v) is 6.41. The van der Waals surface area contributed by atoms with Crippen LogP contribution in [0.15, 0.2) is 30.5 Å². The number of aryl methyl sites for hydroxylation is 1. The molecule has 1 aliphatic carbocycles. The minimum Gasteiger partial charge on any atom is -0.447 e. The summed E-state index contributed by atoms with van der Waals surface area (Å²) in [6, 6.07) is 9.28. The van der Waals surface area contributed by atoms with Crippen molar-refractivity contribution in [2.24, 2.45) is 0 Å². The number of benzene rings is 1. The van der Waals surface area contributed by atoms with Crippen LogP contribution >= 0.6 is 0 Å². The van der Waals surface area contributed by atoms with Crippen molar-refractivity contribution < 1.29 is 14.3 Å². The van der Waals surface area contributed by atoms with Gasteiger partial charge in [0.1, 0.15) is 18.5 Å². The van der Waals surface area contributed by atoms with Gasteiger partial charge in [-0.15, -0.1) is 0 Å². The molecule has 8 heteroatoms. The number of carbonyl (C=O) groups is 2. The molecule has 8 nitrogen and oxygen atoms in total. The summed E-state index contributed by atoms with van der Waals surface area (Å²) in [6.45, 7) is 5.38. The highest BCUT2D eigenvalue weighted by Crippen LogP contribution is 2.40. The zero-order valence-electron chi connectivity index (χ0n) is 18.1. The molecule has 1 saturated carbocycles. The van der Waals surface area contributed by atoms with Crippen LogP contribution in [-0.2, 0) is 4.74 Å². The average molecular weight is 431 g/mol. The second-order valence-corrected chi connectivity index (χ2v) is 8.57. The summed E-state index contributed by atoms with van der Waals surface area (Å²) in [7, 11) is 0. The van der Waals surface area contributed by atoms with Crippen molar-refractivity contribution in [1.82, 2.24) is 9.88 Å². The number of anilines is 2. The number of ether oxygens (including phenoxy) is 1. The molecule has 0 atom stereocenters. The number of cyclic esters (lactones) is 1. The highest BCUT2D eigenvalue weighted by molar-refractivity contribution is 5.98. The van der Waals surface area contributed by atoms with Gasteiger partial charge in [-0.3, -0.25) is 9.69 Å². The molecular formula is C24H25N5O3. The molecule has 5 rings (SSSR count). The monoisotopic (exact) mass is 431 g/mol. The molecular weight excluding hydrogens is 406 g/mol. The fourth-order valence-corrected chi connectivity index (χ4v) is 4.46. The maximum absolute atomic E-state index is 13.1. The second kappa shape index (κ2) is 8.15. The molecule has 32 heavy (non-hydrogen) atoms. The summed E-state index contributed by atoms with van der Waals surface area (Å²) < 4.78 is 4.96. The van der Waals surface area contributed by atoms with Crippen LogP contribution in [0.5, 0.6) is 0 Å². The molecule has 0 spiro atoms. The fraction of sp³-hybridized carbons (Fsp3) is 0.417. The maximum Gasteiger partial charge on any atom is 0.414 e. The maximum atomic E-state index is 13.1. The lowest BCUT2D eigenvalue weighted by molar-refractivity contribution is 0.0746. The smallest absolute Gasteiger partial charge is 0.414 e. The van der Waals surface area contributed by atoms with E-state index in [9.17, 15) is 14.9 Å². The van der Waals surface area contributed by atoms with E-state index in [1.807, 2.05) is 6.20 Å². The van der Waals surface area contributed by atoms with Crippen LogP contribution in [0.2, 0.25) is 0 Å². The quantitative estimate of drug-likeness (QED) is 0.739. The topological polar surface area (TPSA) is 89.8 Å². The van der Waals surface area contributed by atoms with E-state index in [1.165, 1.54) is 28.9 Å². The molecule has 2 aliphatic heterocycles. The summed E-state index contributed by atoms with van der Waals surface area (Å²) in [5.74, 6) is 1.51. The minimum atomic E-state index is -0.432. The van der Waals surface area contributed by atoms with E-state index >= 15 is 0 Å². The lowest BCUT2D eigenvalue weighted by atomic mass is 10.0. The molecule has 2 amide bonds. The van der Waals surface area contributed by atoms with E-state index in [1.54, 1.807) is 23.1 Å². The van der Waals surface area contributed by atoms with Crippen LogP contribution in [0.1, 0.15) is 45.8 Å². The van der Waals surface area contributed by atoms with Crippen LogP contribution < -0.4 is 9.80 Å². The number of amides is 2. The standard InChI is InChI=1S/C24H25N5O3/c1-16-12-19(17-2-3-17)15-26-22(16)27-6-8-28(9-7-27)23(30)21-5-4-20(13-18(21)14-25)29-10-11-32-24(29)31/h4-5,12-13,15,17H,2-3,6-11H2,1H3. The van der Waals surface area contributed by atoms with Crippen molar-refractivity contribution in [1.29, 1.82) is 5.26 Å². The zero-order valence-corrected chi connectivity index (χ0v) is 18.1. The number of nitriles is 1. The van der Waals surface area contributed by atoms with Gasteiger partial charge in [-0.25, -0.2) is 9.78 Å². The number of carbonyl (C=O) groups excluding carboxylic acids is 2. The molecule has 1 aromatic carbocycles. The van der Waals surface area contributed by atoms with E-state index in [-0.39, 0.29) is 11.5 Å². The predicted molar refractivity (Wildman–Crippen MR) is 119 cm³/mol. The second-order valence-electron chi connectivity index (χ2n) is 8.57. The Labute approximate surface area is 187 Å². The number of rotatable bonds is 4. The van der Waals surface area contributed by atoms with Gasteiger partial charge in [0.25, 0.3) is 5.91 Å². The normalized spacial score (nSPS) is 18.5. The molecule has 0 unspecified atom stereocenters. The highest BCUT2D eigenvalue weighted by atomic mass is 16.6. The first-order chi connectivity index (χ1) is 15.5. The Morgan fingerprint density at radius 2 is 1.94 bits per heavy atom. The lowest BCUT2D eigenvalue weighted by Gasteiger charge is -2.36. The van der Waals surface area contributed by atoms with Crippen molar-refractivity contribution in [2.45, 2.75) is 25.7 Å². The van der Waals surface area contributed by atoms with Gasteiger partial charge >= 0.3 is 6.09 Å². The molecule has 3 fully saturated rings. The first-order valence-corrected chi connectivity index (χ1v) is 11.0. The van der Waals surface area contributed by atoms with Crippen molar-refractivity contribution in [3.05, 3.63) is 52.7 Å². The third-order valence-electron chi connectivity index (χ3n) is 6.41. The third kappa shape index (κ3) is 3.75. The number of aromatic nitrogens is 1. The van der Waals surface area contributed by atoms with Gasteiger partial charge in [0.2, 0.25) is 0 Å². The van der Waals surface area contributed by atoms with Gasteiger partial charge in [-0.05, 0) is 55.0 Å². The Morgan fingerprint density at radius 3 is 2.56 bits per heavy atom. The Morgan fingerprint density at radius 1 is 1.16 bits per heavy atom. The molecule has 0 radical (unpaired) electrons. The van der Waals surface area contributed by atoms with Gasteiger partial charge in [0.15, 0.2) is 0 Å². The minimum absolute atomic E-state index is 0.162. The van der Waals surface area contributed by atoms with E-state index in [0.29, 0.717) is 56.5 Å². The van der Waals surface area contributed by atoms with E-state index < -0.39 is 6.09 Å². The Bertz CT molecular complexity index is 1110. The van der Waals surface area contributed by atoms with Crippen molar-refractivity contribution >= 4 is 23.5 Å². The summed E-state index contributed by atoms with van der Waals surface area (Å²) in [6.07, 6.45) is 4.08. The number of hydrogen-bond acceptors (Lipinski definition) is 6. The van der Waals surface area contributed by atoms with Crippen LogP contribution in [0.25, 0.3) is 0 Å².